The second-order valence-corrected chi connectivity index (χ2v) is 12.5. The van der Waals surface area contributed by atoms with E-state index in [2.05, 4.69) is 44.2 Å². The standard InChI is InChI=1S/C33H43NO5/c1-8-37-29-21-33(6,7)20-28(35)30(29)27-19-24(10-9-22(27)2)23-11-13-25(14-12-23)38-26-15-17-34(18-16-26)31(36)39-32(3,4)5/h9-14,19,26H,8,15-18,20-21H2,1-7H3. The zero-order valence-electron chi connectivity index (χ0n) is 24.6. The molecule has 0 unspecified atom stereocenters. The van der Waals surface area contributed by atoms with Crippen LogP contribution < -0.4 is 4.74 Å². The highest BCUT2D eigenvalue weighted by Crippen LogP contribution is 2.42. The Kier molecular flexibility index (Phi) is 8.43. The summed E-state index contributed by atoms with van der Waals surface area (Å²) in [6.07, 6.45) is 2.62. The number of ether oxygens (including phenoxy) is 3. The quantitative estimate of drug-likeness (QED) is 0.383. The molecule has 6 heteroatoms. The fraction of sp³-hybridized carbons (Fsp3) is 0.515. The van der Waals surface area contributed by atoms with Gasteiger partial charge in [-0.15, -0.1) is 0 Å². The molecule has 0 aromatic heterocycles. The van der Waals surface area contributed by atoms with Gasteiger partial charge in [-0.25, -0.2) is 4.79 Å². The molecule has 1 aliphatic carbocycles. The molecule has 1 fully saturated rings. The number of carbonyl (C=O) groups is 2. The van der Waals surface area contributed by atoms with E-state index < -0.39 is 5.60 Å². The molecule has 1 aliphatic heterocycles. The number of carbonyl (C=O) groups excluding carboxylic acids is 2. The van der Waals surface area contributed by atoms with Gasteiger partial charge in [0, 0.05) is 38.8 Å². The number of ketones is 1. The molecule has 1 heterocycles. The van der Waals surface area contributed by atoms with Gasteiger partial charge < -0.3 is 19.1 Å². The fourth-order valence-electron chi connectivity index (χ4n) is 5.33. The summed E-state index contributed by atoms with van der Waals surface area (Å²) in [4.78, 5) is 27.4. The lowest BCUT2D eigenvalue weighted by Crippen LogP contribution is -2.44. The van der Waals surface area contributed by atoms with Crippen molar-refractivity contribution in [1.29, 1.82) is 0 Å². The Hall–Kier alpha value is -3.28. The van der Waals surface area contributed by atoms with E-state index in [9.17, 15) is 9.59 Å². The van der Waals surface area contributed by atoms with Crippen molar-refractivity contribution < 1.29 is 23.8 Å². The Bertz CT molecular complexity index is 1230. The number of hydrogen-bond donors (Lipinski definition) is 0. The van der Waals surface area contributed by atoms with Gasteiger partial charge in [0.05, 0.1) is 12.2 Å². The molecule has 0 N–H and O–H groups in total. The minimum Gasteiger partial charge on any atom is -0.497 e. The summed E-state index contributed by atoms with van der Waals surface area (Å²) in [7, 11) is 0. The molecule has 0 spiro atoms. The molecular weight excluding hydrogens is 490 g/mol. The van der Waals surface area contributed by atoms with Crippen molar-refractivity contribution in [3.63, 3.8) is 0 Å². The lowest BCUT2D eigenvalue weighted by Gasteiger charge is -2.33. The van der Waals surface area contributed by atoms with E-state index in [4.69, 9.17) is 14.2 Å². The van der Waals surface area contributed by atoms with Gasteiger partial charge in [-0.1, -0.05) is 38.1 Å². The molecule has 2 aliphatic rings. The SMILES string of the molecule is CCOC1=C(c2cc(-c3ccc(OC4CCN(C(=O)OC(C)(C)C)CC4)cc3)ccc2C)C(=O)CC(C)(C)C1. The molecule has 1 amide bonds. The monoisotopic (exact) mass is 533 g/mol. The topological polar surface area (TPSA) is 65.1 Å². The van der Waals surface area contributed by atoms with E-state index in [1.165, 1.54) is 0 Å². The average molecular weight is 534 g/mol. The number of rotatable bonds is 6. The van der Waals surface area contributed by atoms with E-state index >= 15 is 0 Å². The lowest BCUT2D eigenvalue weighted by atomic mass is 9.74. The molecule has 1 saturated heterocycles. The van der Waals surface area contributed by atoms with Crippen LogP contribution in [0.2, 0.25) is 0 Å². The largest absolute Gasteiger partial charge is 0.497 e. The van der Waals surface area contributed by atoms with Crippen LogP contribution in [0.1, 0.15) is 78.4 Å². The molecule has 6 nitrogen and oxygen atoms in total. The molecule has 0 radical (unpaired) electrons. The van der Waals surface area contributed by atoms with Gasteiger partial charge >= 0.3 is 6.09 Å². The minimum absolute atomic E-state index is 0.0611. The minimum atomic E-state index is -0.490. The summed E-state index contributed by atoms with van der Waals surface area (Å²) < 4.78 is 17.7. The predicted octanol–water partition coefficient (Wildman–Crippen LogP) is 7.58. The lowest BCUT2D eigenvalue weighted by molar-refractivity contribution is -0.116. The van der Waals surface area contributed by atoms with Crippen LogP contribution in [-0.4, -0.2) is 48.2 Å². The molecule has 0 saturated carbocycles. The molecule has 4 rings (SSSR count). The number of aryl methyl sites for hydroxylation is 1. The Morgan fingerprint density at radius 2 is 1.64 bits per heavy atom. The summed E-state index contributed by atoms with van der Waals surface area (Å²) in [6, 6.07) is 14.4. The molecule has 2 aromatic rings. The maximum atomic E-state index is 13.3. The highest BCUT2D eigenvalue weighted by atomic mass is 16.6. The normalized spacial score (nSPS) is 18.2. The van der Waals surface area contributed by atoms with Gasteiger partial charge in [0.15, 0.2) is 5.78 Å². The first-order valence-corrected chi connectivity index (χ1v) is 14.1. The van der Waals surface area contributed by atoms with Crippen molar-refractivity contribution in [3.8, 4) is 16.9 Å². The van der Waals surface area contributed by atoms with Crippen LogP contribution in [0.15, 0.2) is 48.2 Å². The predicted molar refractivity (Wildman–Crippen MR) is 155 cm³/mol. The van der Waals surface area contributed by atoms with E-state index in [-0.39, 0.29) is 23.4 Å². The number of nitrogens with zero attached hydrogens (tertiary/aromatic N) is 1. The zero-order chi connectivity index (χ0) is 28.4. The third kappa shape index (κ3) is 7.23. The van der Waals surface area contributed by atoms with E-state index in [1.807, 2.05) is 46.8 Å². The summed E-state index contributed by atoms with van der Waals surface area (Å²) in [6.45, 7) is 15.7. The van der Waals surface area contributed by atoms with Gasteiger partial charge in [0.25, 0.3) is 0 Å². The molecule has 0 atom stereocenters. The second kappa shape index (κ2) is 11.4. The molecule has 210 valence electrons. The summed E-state index contributed by atoms with van der Waals surface area (Å²) in [5, 5.41) is 0. The summed E-state index contributed by atoms with van der Waals surface area (Å²) in [5.41, 5.74) is 4.27. The van der Waals surface area contributed by atoms with Crippen molar-refractivity contribution in [2.75, 3.05) is 19.7 Å². The summed E-state index contributed by atoms with van der Waals surface area (Å²) >= 11 is 0. The number of allylic oxidation sites excluding steroid dienone is 2. The Morgan fingerprint density at radius 1 is 1.00 bits per heavy atom. The van der Waals surface area contributed by atoms with Crippen molar-refractivity contribution in [3.05, 3.63) is 59.4 Å². The first-order chi connectivity index (χ1) is 18.3. The third-order valence-electron chi connectivity index (χ3n) is 7.25. The molecular formula is C33H43NO5. The van der Waals surface area contributed by atoms with Gasteiger partial charge in [0.1, 0.15) is 23.2 Å². The number of Topliss-reactive ketones (excluding diaryl/α,β-unsaturated/α-hetero) is 1. The van der Waals surface area contributed by atoms with E-state index in [0.717, 1.165) is 58.6 Å². The maximum absolute atomic E-state index is 13.3. The summed E-state index contributed by atoms with van der Waals surface area (Å²) in [5.74, 6) is 1.77. The van der Waals surface area contributed by atoms with Crippen LogP contribution >= 0.6 is 0 Å². The van der Waals surface area contributed by atoms with E-state index in [0.29, 0.717) is 26.1 Å². The van der Waals surface area contributed by atoms with Crippen molar-refractivity contribution >= 4 is 17.4 Å². The number of hydrogen-bond acceptors (Lipinski definition) is 5. The van der Waals surface area contributed by atoms with Gasteiger partial charge in [-0.2, -0.15) is 0 Å². The van der Waals surface area contributed by atoms with Crippen LogP contribution in [0.4, 0.5) is 4.79 Å². The van der Waals surface area contributed by atoms with Crippen LogP contribution in [0.3, 0.4) is 0 Å². The Balaban J connectivity index is 1.46. The van der Waals surface area contributed by atoms with Gasteiger partial charge in [0.2, 0.25) is 0 Å². The van der Waals surface area contributed by atoms with Crippen LogP contribution in [0.5, 0.6) is 5.75 Å². The van der Waals surface area contributed by atoms with Gasteiger partial charge in [-0.05, 0) is 80.5 Å². The van der Waals surface area contributed by atoms with Crippen molar-refractivity contribution in [2.45, 2.75) is 85.9 Å². The van der Waals surface area contributed by atoms with E-state index in [1.54, 1.807) is 4.90 Å². The molecule has 39 heavy (non-hydrogen) atoms. The van der Waals surface area contributed by atoms with Crippen LogP contribution in [-0.2, 0) is 14.3 Å². The third-order valence-corrected chi connectivity index (χ3v) is 7.25. The van der Waals surface area contributed by atoms with Crippen molar-refractivity contribution in [2.24, 2.45) is 5.41 Å². The number of benzene rings is 2. The molecule has 2 aromatic carbocycles. The number of likely N-dealkylation sites (tertiary alicyclic amines) is 1. The maximum Gasteiger partial charge on any atom is 0.410 e. The Morgan fingerprint density at radius 3 is 2.26 bits per heavy atom. The molecule has 0 bridgehead atoms. The smallest absolute Gasteiger partial charge is 0.410 e. The number of piperidine rings is 1. The first-order valence-electron chi connectivity index (χ1n) is 14.1. The average Bonchev–Trinajstić information content (AvgIpc) is 2.84. The highest BCUT2D eigenvalue weighted by Gasteiger charge is 2.35. The Labute approximate surface area is 233 Å². The first kappa shape index (κ1) is 28.7. The van der Waals surface area contributed by atoms with Crippen LogP contribution in [0, 0.1) is 12.3 Å². The van der Waals surface area contributed by atoms with Crippen LogP contribution in [0.25, 0.3) is 16.7 Å². The van der Waals surface area contributed by atoms with Gasteiger partial charge in [-0.3, -0.25) is 4.79 Å². The number of amides is 1. The highest BCUT2D eigenvalue weighted by molar-refractivity contribution is 6.22. The second-order valence-electron chi connectivity index (χ2n) is 12.5. The fourth-order valence-corrected chi connectivity index (χ4v) is 5.33. The zero-order valence-corrected chi connectivity index (χ0v) is 24.6. The van der Waals surface area contributed by atoms with Crippen molar-refractivity contribution in [1.82, 2.24) is 4.90 Å².